The molecule has 1 saturated heterocycles. The number of benzene rings is 1. The average molecular weight is 353 g/mol. The van der Waals surface area contributed by atoms with E-state index in [1.165, 1.54) is 41.4 Å². The largest absolute Gasteiger partial charge is 0.384 e. The van der Waals surface area contributed by atoms with Gasteiger partial charge in [0.15, 0.2) is 0 Å². The summed E-state index contributed by atoms with van der Waals surface area (Å²) in [6.45, 7) is 4.12. The Hall–Kier alpha value is -0.580. The molecular weight excluding hydrogens is 328 g/mol. The van der Waals surface area contributed by atoms with Crippen molar-refractivity contribution in [1.29, 1.82) is 0 Å². The van der Waals surface area contributed by atoms with Gasteiger partial charge in [0.25, 0.3) is 0 Å². The summed E-state index contributed by atoms with van der Waals surface area (Å²) in [5.41, 5.74) is 2.69. The Labute approximate surface area is 136 Å². The first-order valence-corrected chi connectivity index (χ1v) is 8.81. The number of anilines is 1. The van der Waals surface area contributed by atoms with Gasteiger partial charge in [-0.15, -0.1) is 0 Å². The number of nitrogens with zero attached hydrogens (tertiary/aromatic N) is 1. The molecule has 1 aromatic rings. The maximum atomic E-state index is 5.32. The molecule has 116 valence electrons. The molecular formula is C17H25BrN2O. The van der Waals surface area contributed by atoms with Gasteiger partial charge in [-0.3, -0.25) is 0 Å². The third kappa shape index (κ3) is 4.21. The number of methoxy groups -OCH3 is 1. The van der Waals surface area contributed by atoms with Crippen LogP contribution in [0.2, 0.25) is 0 Å². The second-order valence-corrected chi connectivity index (χ2v) is 7.19. The summed E-state index contributed by atoms with van der Waals surface area (Å²) >= 11 is 3.74. The molecule has 0 spiro atoms. The Morgan fingerprint density at radius 2 is 2.19 bits per heavy atom. The van der Waals surface area contributed by atoms with E-state index in [0.29, 0.717) is 5.92 Å². The van der Waals surface area contributed by atoms with Gasteiger partial charge in [0, 0.05) is 42.9 Å². The lowest BCUT2D eigenvalue weighted by atomic mass is 9.98. The molecule has 3 rings (SSSR count). The number of nitrogens with one attached hydrogen (secondary N) is 1. The first kappa shape index (κ1) is 15.3. The molecule has 2 aliphatic rings. The van der Waals surface area contributed by atoms with E-state index in [4.69, 9.17) is 4.74 Å². The zero-order valence-electron chi connectivity index (χ0n) is 12.8. The number of halogens is 1. The average Bonchev–Trinajstić information content (AvgIpc) is 3.31. The molecule has 1 atom stereocenters. The Morgan fingerprint density at radius 1 is 1.33 bits per heavy atom. The minimum Gasteiger partial charge on any atom is -0.384 e. The molecule has 1 unspecified atom stereocenters. The Bertz CT molecular complexity index is 474. The van der Waals surface area contributed by atoms with Gasteiger partial charge >= 0.3 is 0 Å². The zero-order chi connectivity index (χ0) is 14.7. The third-order valence-corrected chi connectivity index (χ3v) is 5.22. The van der Waals surface area contributed by atoms with Crippen LogP contribution >= 0.6 is 15.9 Å². The van der Waals surface area contributed by atoms with E-state index in [0.717, 1.165) is 32.3 Å². The fraction of sp³-hybridized carbons (Fsp3) is 0.647. The molecule has 3 nitrogen and oxygen atoms in total. The van der Waals surface area contributed by atoms with Crippen LogP contribution in [-0.4, -0.2) is 32.8 Å². The Kier molecular flexibility index (Phi) is 5.19. The monoisotopic (exact) mass is 352 g/mol. The summed E-state index contributed by atoms with van der Waals surface area (Å²) in [5.74, 6) is 0.665. The van der Waals surface area contributed by atoms with Crippen LogP contribution in [0, 0.1) is 5.92 Å². The molecule has 0 aromatic heterocycles. The van der Waals surface area contributed by atoms with E-state index in [1.54, 1.807) is 7.11 Å². The van der Waals surface area contributed by atoms with E-state index in [9.17, 15) is 0 Å². The number of hydrogen-bond donors (Lipinski definition) is 1. The normalized spacial score (nSPS) is 22.6. The summed E-state index contributed by atoms with van der Waals surface area (Å²) < 4.78 is 6.55. The minimum absolute atomic E-state index is 0.665. The van der Waals surface area contributed by atoms with Gasteiger partial charge in [0.05, 0.1) is 6.61 Å². The van der Waals surface area contributed by atoms with Crippen molar-refractivity contribution in [3.63, 3.8) is 0 Å². The number of ether oxygens (including phenoxy) is 1. The standard InChI is InChI=1S/C17H25BrN2O/c1-21-12-13-3-2-8-20(11-13)16-7-4-14(17(18)9-16)10-19-15-5-6-15/h4,7,9,13,15,19H,2-3,5-6,8,10-12H2,1H3. The maximum absolute atomic E-state index is 5.32. The van der Waals surface area contributed by atoms with Crippen LogP contribution in [0.5, 0.6) is 0 Å². The molecule has 4 heteroatoms. The highest BCUT2D eigenvalue weighted by Crippen LogP contribution is 2.28. The molecule has 2 fully saturated rings. The first-order chi connectivity index (χ1) is 10.3. The Balaban J connectivity index is 1.62. The van der Waals surface area contributed by atoms with Crippen LogP contribution in [0.1, 0.15) is 31.2 Å². The van der Waals surface area contributed by atoms with Crippen molar-refractivity contribution in [2.24, 2.45) is 5.92 Å². The molecule has 1 aliphatic heterocycles. The van der Waals surface area contributed by atoms with Crippen molar-refractivity contribution < 1.29 is 4.74 Å². The molecule has 0 radical (unpaired) electrons. The van der Waals surface area contributed by atoms with E-state index in [1.807, 2.05) is 0 Å². The van der Waals surface area contributed by atoms with Crippen LogP contribution in [0.4, 0.5) is 5.69 Å². The van der Waals surface area contributed by atoms with Crippen LogP contribution in [-0.2, 0) is 11.3 Å². The molecule has 0 bridgehead atoms. The number of rotatable bonds is 6. The van der Waals surface area contributed by atoms with Crippen LogP contribution in [0.15, 0.2) is 22.7 Å². The van der Waals surface area contributed by atoms with E-state index >= 15 is 0 Å². The smallest absolute Gasteiger partial charge is 0.0507 e. The lowest BCUT2D eigenvalue weighted by molar-refractivity contribution is 0.143. The molecule has 0 amide bonds. The molecule has 1 aliphatic carbocycles. The quantitative estimate of drug-likeness (QED) is 0.846. The topological polar surface area (TPSA) is 24.5 Å². The van der Waals surface area contributed by atoms with E-state index in [2.05, 4.69) is 44.3 Å². The van der Waals surface area contributed by atoms with Crippen LogP contribution in [0.25, 0.3) is 0 Å². The minimum atomic E-state index is 0.665. The van der Waals surface area contributed by atoms with E-state index < -0.39 is 0 Å². The summed E-state index contributed by atoms with van der Waals surface area (Å²) in [6, 6.07) is 7.56. The highest BCUT2D eigenvalue weighted by atomic mass is 79.9. The highest BCUT2D eigenvalue weighted by molar-refractivity contribution is 9.10. The third-order valence-electron chi connectivity index (χ3n) is 4.48. The van der Waals surface area contributed by atoms with E-state index in [-0.39, 0.29) is 0 Å². The Morgan fingerprint density at radius 3 is 2.90 bits per heavy atom. The predicted octanol–water partition coefficient (Wildman–Crippen LogP) is 3.56. The second-order valence-electron chi connectivity index (χ2n) is 6.34. The SMILES string of the molecule is COCC1CCCN(c2ccc(CNC3CC3)c(Br)c2)C1. The lowest BCUT2D eigenvalue weighted by Crippen LogP contribution is -2.37. The molecule has 1 aromatic carbocycles. The molecule has 21 heavy (non-hydrogen) atoms. The summed E-state index contributed by atoms with van der Waals surface area (Å²) in [4.78, 5) is 2.50. The molecule has 1 N–H and O–H groups in total. The van der Waals surface area contributed by atoms with Gasteiger partial charge < -0.3 is 15.0 Å². The summed E-state index contributed by atoms with van der Waals surface area (Å²) in [6.07, 6.45) is 5.22. The highest BCUT2D eigenvalue weighted by Gasteiger charge is 2.22. The van der Waals surface area contributed by atoms with Crippen molar-refractivity contribution in [3.05, 3.63) is 28.2 Å². The van der Waals surface area contributed by atoms with Gasteiger partial charge in [0.1, 0.15) is 0 Å². The first-order valence-electron chi connectivity index (χ1n) is 8.02. The number of hydrogen-bond acceptors (Lipinski definition) is 3. The zero-order valence-corrected chi connectivity index (χ0v) is 14.4. The van der Waals surface area contributed by atoms with Crippen LogP contribution in [0.3, 0.4) is 0 Å². The fourth-order valence-electron chi connectivity index (χ4n) is 3.09. The lowest BCUT2D eigenvalue weighted by Gasteiger charge is -2.34. The summed E-state index contributed by atoms with van der Waals surface area (Å²) in [7, 11) is 1.80. The number of piperidine rings is 1. The molecule has 1 heterocycles. The second kappa shape index (κ2) is 7.12. The van der Waals surface area contributed by atoms with Gasteiger partial charge in [-0.05, 0) is 49.3 Å². The molecule has 1 saturated carbocycles. The van der Waals surface area contributed by atoms with Crippen molar-refractivity contribution in [2.75, 3.05) is 31.7 Å². The van der Waals surface area contributed by atoms with Gasteiger partial charge in [0.2, 0.25) is 0 Å². The van der Waals surface area contributed by atoms with Crippen LogP contribution < -0.4 is 10.2 Å². The van der Waals surface area contributed by atoms with Gasteiger partial charge in [-0.1, -0.05) is 22.0 Å². The van der Waals surface area contributed by atoms with Crippen molar-refractivity contribution >= 4 is 21.6 Å². The van der Waals surface area contributed by atoms with Crippen molar-refractivity contribution in [3.8, 4) is 0 Å². The van der Waals surface area contributed by atoms with Crippen molar-refractivity contribution in [2.45, 2.75) is 38.3 Å². The maximum Gasteiger partial charge on any atom is 0.0507 e. The summed E-state index contributed by atoms with van der Waals surface area (Å²) in [5, 5.41) is 3.58. The predicted molar refractivity (Wildman–Crippen MR) is 90.8 cm³/mol. The van der Waals surface area contributed by atoms with Gasteiger partial charge in [-0.25, -0.2) is 0 Å². The fourth-order valence-corrected chi connectivity index (χ4v) is 3.60. The van der Waals surface area contributed by atoms with Crippen molar-refractivity contribution in [1.82, 2.24) is 5.32 Å². The van der Waals surface area contributed by atoms with Gasteiger partial charge in [-0.2, -0.15) is 0 Å².